The largest absolute Gasteiger partial charge is 0.369 e. The summed E-state index contributed by atoms with van der Waals surface area (Å²) >= 11 is 0. The minimum atomic E-state index is -0.756. The van der Waals surface area contributed by atoms with E-state index in [0.29, 0.717) is 31.8 Å². The summed E-state index contributed by atoms with van der Waals surface area (Å²) < 4.78 is 0. The lowest BCUT2D eigenvalue weighted by Crippen LogP contribution is -2.55. The molecule has 1 saturated carbocycles. The maximum Gasteiger partial charge on any atom is 0.243 e. The van der Waals surface area contributed by atoms with E-state index in [4.69, 9.17) is 11.5 Å². The highest BCUT2D eigenvalue weighted by Gasteiger charge is 2.31. The van der Waals surface area contributed by atoms with E-state index >= 15 is 0 Å². The lowest BCUT2D eigenvalue weighted by atomic mass is 9.84. The van der Waals surface area contributed by atoms with Gasteiger partial charge in [0.15, 0.2) is 0 Å². The topological polar surface area (TPSA) is 131 Å². The Balaban J connectivity index is 1.73. The van der Waals surface area contributed by atoms with Gasteiger partial charge in [-0.15, -0.1) is 0 Å². The Morgan fingerprint density at radius 1 is 0.919 bits per heavy atom. The molecule has 1 aliphatic carbocycles. The maximum atomic E-state index is 13.6. The van der Waals surface area contributed by atoms with Crippen molar-refractivity contribution in [1.82, 2.24) is 15.5 Å². The minimum Gasteiger partial charge on any atom is -0.369 e. The molecule has 6 N–H and O–H groups in total. The summed E-state index contributed by atoms with van der Waals surface area (Å²) in [6, 6.07) is 16.1. The number of carbonyl (C=O) groups is 3. The zero-order valence-corrected chi connectivity index (χ0v) is 21.8. The monoisotopic (exact) mass is 507 g/mol. The number of likely N-dealkylation sites (N-methyl/N-ethyl adjacent to an activating group) is 1. The van der Waals surface area contributed by atoms with Crippen LogP contribution in [0.3, 0.4) is 0 Å². The van der Waals surface area contributed by atoms with E-state index in [1.165, 1.54) is 6.42 Å². The van der Waals surface area contributed by atoms with Crippen molar-refractivity contribution in [3.8, 4) is 0 Å². The number of hydrogen-bond donors (Lipinski definition) is 4. The quantitative estimate of drug-likeness (QED) is 0.330. The molecule has 8 nitrogen and oxygen atoms in total. The van der Waals surface area contributed by atoms with Crippen LogP contribution in [0.5, 0.6) is 0 Å². The molecule has 1 aliphatic rings. The Morgan fingerprint density at radius 3 is 2.19 bits per heavy atom. The number of rotatable bonds is 13. The smallest absolute Gasteiger partial charge is 0.243 e. The Labute approximate surface area is 220 Å². The number of carbonyl (C=O) groups excluding carboxylic acids is 3. The number of nitrogens with zero attached hydrogens (tertiary/aromatic N) is 1. The molecule has 0 saturated heterocycles. The molecule has 0 aliphatic heterocycles. The van der Waals surface area contributed by atoms with Crippen LogP contribution in [-0.2, 0) is 33.9 Å². The van der Waals surface area contributed by atoms with Gasteiger partial charge in [0.1, 0.15) is 6.04 Å². The Morgan fingerprint density at radius 2 is 1.57 bits per heavy atom. The van der Waals surface area contributed by atoms with Crippen molar-refractivity contribution >= 4 is 17.7 Å². The van der Waals surface area contributed by atoms with Gasteiger partial charge in [-0.3, -0.25) is 19.3 Å². The van der Waals surface area contributed by atoms with Crippen molar-refractivity contribution < 1.29 is 14.4 Å². The lowest BCUT2D eigenvalue weighted by Gasteiger charge is -2.32. The number of nitrogens with one attached hydrogen (secondary N) is 2. The molecule has 0 bridgehead atoms. The van der Waals surface area contributed by atoms with Gasteiger partial charge in [0.2, 0.25) is 17.7 Å². The van der Waals surface area contributed by atoms with Crippen LogP contribution < -0.4 is 22.1 Å². The third-order valence-electron chi connectivity index (χ3n) is 7.16. The van der Waals surface area contributed by atoms with Crippen LogP contribution in [0.2, 0.25) is 0 Å². The fourth-order valence-corrected chi connectivity index (χ4v) is 5.01. The molecule has 200 valence electrons. The van der Waals surface area contributed by atoms with Crippen molar-refractivity contribution in [2.75, 3.05) is 13.6 Å². The maximum absolute atomic E-state index is 13.6. The molecule has 2 atom stereocenters. The van der Waals surface area contributed by atoms with Crippen LogP contribution in [0.15, 0.2) is 54.6 Å². The Kier molecular flexibility index (Phi) is 11.1. The fraction of sp³-hybridized carbons (Fsp3) is 0.483. The Bertz CT molecular complexity index is 1010. The molecule has 0 heterocycles. The normalized spacial score (nSPS) is 15.6. The van der Waals surface area contributed by atoms with Crippen molar-refractivity contribution in [3.05, 3.63) is 71.3 Å². The lowest BCUT2D eigenvalue weighted by molar-refractivity contribution is -0.133. The van der Waals surface area contributed by atoms with Crippen molar-refractivity contribution in [2.24, 2.45) is 17.4 Å². The van der Waals surface area contributed by atoms with Crippen LogP contribution in [0.4, 0.5) is 0 Å². The molecule has 37 heavy (non-hydrogen) atoms. The summed E-state index contributed by atoms with van der Waals surface area (Å²) in [5.41, 5.74) is 14.0. The van der Waals surface area contributed by atoms with Gasteiger partial charge >= 0.3 is 0 Å². The van der Waals surface area contributed by atoms with Crippen LogP contribution in [-0.4, -0.2) is 48.3 Å². The summed E-state index contributed by atoms with van der Waals surface area (Å²) in [7, 11) is 1.75. The molecule has 0 radical (unpaired) electrons. The first-order chi connectivity index (χ1) is 17.9. The van der Waals surface area contributed by atoms with Gasteiger partial charge in [0.25, 0.3) is 0 Å². The van der Waals surface area contributed by atoms with Crippen molar-refractivity contribution in [3.63, 3.8) is 0 Å². The molecule has 0 unspecified atom stereocenters. The van der Waals surface area contributed by atoms with Crippen LogP contribution in [0, 0.1) is 5.92 Å². The van der Waals surface area contributed by atoms with Gasteiger partial charge in [0, 0.05) is 19.5 Å². The van der Waals surface area contributed by atoms with E-state index < -0.39 is 18.0 Å². The highest BCUT2D eigenvalue weighted by molar-refractivity contribution is 5.90. The van der Waals surface area contributed by atoms with E-state index in [2.05, 4.69) is 10.6 Å². The summed E-state index contributed by atoms with van der Waals surface area (Å²) in [5, 5.41) is 5.97. The zero-order chi connectivity index (χ0) is 26.6. The van der Waals surface area contributed by atoms with Gasteiger partial charge < -0.3 is 22.1 Å². The molecule has 1 fully saturated rings. The number of nitrogens with two attached hydrogens (primary N) is 2. The van der Waals surface area contributed by atoms with Crippen molar-refractivity contribution in [2.45, 2.75) is 70.1 Å². The van der Waals surface area contributed by atoms with E-state index in [1.807, 2.05) is 54.6 Å². The van der Waals surface area contributed by atoms with Crippen LogP contribution in [0.1, 0.15) is 55.2 Å². The predicted molar refractivity (Wildman–Crippen MR) is 145 cm³/mol. The van der Waals surface area contributed by atoms with Gasteiger partial charge in [-0.25, -0.2) is 0 Å². The highest BCUT2D eigenvalue weighted by atomic mass is 16.2. The Hall–Kier alpha value is -3.23. The van der Waals surface area contributed by atoms with Gasteiger partial charge in [0.05, 0.1) is 12.6 Å². The fourth-order valence-electron chi connectivity index (χ4n) is 5.01. The molecule has 3 rings (SSSR count). The highest BCUT2D eigenvalue weighted by Crippen LogP contribution is 2.28. The second-order valence-corrected chi connectivity index (χ2v) is 10.1. The summed E-state index contributed by atoms with van der Waals surface area (Å²) in [4.78, 5) is 40.2. The molecular weight excluding hydrogens is 466 g/mol. The molecule has 0 spiro atoms. The SMILES string of the molecule is CN(CC(N)=O)[C@H](CC1CCCCC1)C(=O)N[C@@H](Cc1ccccc1)C(=O)NCc1ccc(CN)cc1. The predicted octanol–water partition coefficient (Wildman–Crippen LogP) is 2.25. The number of benzene rings is 2. The molecule has 8 heteroatoms. The first kappa shape index (κ1) is 28.3. The first-order valence-electron chi connectivity index (χ1n) is 13.2. The third kappa shape index (κ3) is 9.30. The average molecular weight is 508 g/mol. The molecule has 3 amide bonds. The van der Waals surface area contributed by atoms with Gasteiger partial charge in [-0.2, -0.15) is 0 Å². The number of amides is 3. The summed E-state index contributed by atoms with van der Waals surface area (Å²) in [6.45, 7) is 0.793. The summed E-state index contributed by atoms with van der Waals surface area (Å²) in [6.07, 6.45) is 6.69. The second-order valence-electron chi connectivity index (χ2n) is 10.1. The minimum absolute atomic E-state index is 0.0147. The molecule has 2 aromatic carbocycles. The third-order valence-corrected chi connectivity index (χ3v) is 7.16. The average Bonchev–Trinajstić information content (AvgIpc) is 2.91. The first-order valence-corrected chi connectivity index (χ1v) is 13.2. The standard InChI is InChI=1S/C29H41N5O3/c1-34(20-27(31)35)26(17-22-10-6-3-7-11-22)29(37)33-25(16-21-8-4-2-5-9-21)28(36)32-19-24-14-12-23(18-30)13-15-24/h2,4-5,8-9,12-15,22,25-26H,3,6-7,10-11,16-20,30H2,1H3,(H2,31,35)(H,32,36)(H,33,37)/t25-,26+/m0/s1. The van der Waals surface area contributed by atoms with E-state index in [0.717, 1.165) is 42.4 Å². The van der Waals surface area contributed by atoms with E-state index in [-0.39, 0.29) is 18.4 Å². The van der Waals surface area contributed by atoms with Crippen molar-refractivity contribution in [1.29, 1.82) is 0 Å². The van der Waals surface area contributed by atoms with Crippen LogP contribution >= 0.6 is 0 Å². The number of hydrogen-bond acceptors (Lipinski definition) is 5. The summed E-state index contributed by atoms with van der Waals surface area (Å²) in [5.74, 6) is -0.576. The second kappa shape index (κ2) is 14.5. The number of primary amides is 1. The van der Waals surface area contributed by atoms with E-state index in [9.17, 15) is 14.4 Å². The zero-order valence-electron chi connectivity index (χ0n) is 21.8. The van der Waals surface area contributed by atoms with Gasteiger partial charge in [-0.1, -0.05) is 86.7 Å². The van der Waals surface area contributed by atoms with Gasteiger partial charge in [-0.05, 0) is 36.1 Å². The molecular formula is C29H41N5O3. The molecule has 0 aromatic heterocycles. The van der Waals surface area contributed by atoms with Crippen LogP contribution in [0.25, 0.3) is 0 Å². The van der Waals surface area contributed by atoms with E-state index in [1.54, 1.807) is 11.9 Å². The molecule has 2 aromatic rings.